The Morgan fingerprint density at radius 3 is 3.21 bits per heavy atom. The van der Waals surface area contributed by atoms with Gasteiger partial charge in [-0.2, -0.15) is 0 Å². The highest BCUT2D eigenvalue weighted by Gasteiger charge is 2.26. The molecular formula is C13H21N3O2S. The highest BCUT2D eigenvalue weighted by molar-refractivity contribution is 7.99. The average Bonchev–Trinajstić information content (AvgIpc) is 2.39. The van der Waals surface area contributed by atoms with Crippen LogP contribution in [0.25, 0.3) is 0 Å². The van der Waals surface area contributed by atoms with E-state index < -0.39 is 0 Å². The van der Waals surface area contributed by atoms with Gasteiger partial charge < -0.3 is 15.0 Å². The molecule has 1 saturated heterocycles. The minimum absolute atomic E-state index is 0.0707. The quantitative estimate of drug-likeness (QED) is 0.795. The Balaban J connectivity index is 2.10. The molecular weight excluding hydrogens is 262 g/mol. The Kier molecular flexibility index (Phi) is 5.42. The summed E-state index contributed by atoms with van der Waals surface area (Å²) in [5, 5.41) is 4.30. The molecule has 0 aromatic carbocycles. The molecule has 0 bridgehead atoms. The number of nitrogens with zero attached hydrogens (tertiary/aromatic N) is 1. The van der Waals surface area contributed by atoms with E-state index in [4.69, 9.17) is 4.74 Å². The number of ether oxygens (including phenoxy) is 1. The fourth-order valence-electron chi connectivity index (χ4n) is 2.23. The monoisotopic (exact) mass is 283 g/mol. The molecule has 2 heterocycles. The molecule has 2 atom stereocenters. The van der Waals surface area contributed by atoms with E-state index in [1.54, 1.807) is 17.8 Å². The van der Waals surface area contributed by atoms with E-state index in [9.17, 15) is 4.79 Å². The fourth-order valence-corrected chi connectivity index (χ4v) is 3.44. The van der Waals surface area contributed by atoms with Gasteiger partial charge in [0.15, 0.2) is 5.16 Å². The Morgan fingerprint density at radius 2 is 2.47 bits per heavy atom. The maximum Gasteiger partial charge on any atom is 0.251 e. The van der Waals surface area contributed by atoms with Crippen LogP contribution in [0.5, 0.6) is 0 Å². The van der Waals surface area contributed by atoms with Gasteiger partial charge in [0.05, 0.1) is 11.9 Å². The van der Waals surface area contributed by atoms with Crippen molar-refractivity contribution in [2.24, 2.45) is 0 Å². The lowest BCUT2D eigenvalue weighted by Gasteiger charge is -2.30. The summed E-state index contributed by atoms with van der Waals surface area (Å²) in [6.45, 7) is 3.57. The predicted octanol–water partition coefficient (Wildman–Crippen LogP) is 1.19. The molecule has 1 aromatic rings. The van der Waals surface area contributed by atoms with E-state index in [0.717, 1.165) is 31.6 Å². The van der Waals surface area contributed by atoms with Crippen LogP contribution in [0.4, 0.5) is 0 Å². The van der Waals surface area contributed by atoms with Gasteiger partial charge in [-0.25, -0.2) is 4.98 Å². The van der Waals surface area contributed by atoms with Crippen LogP contribution < -0.4 is 10.9 Å². The van der Waals surface area contributed by atoms with Crippen molar-refractivity contribution in [2.45, 2.75) is 42.6 Å². The first-order chi connectivity index (χ1) is 9.22. The summed E-state index contributed by atoms with van der Waals surface area (Å²) in [6, 6.07) is 1.99. The molecule has 1 aliphatic rings. The van der Waals surface area contributed by atoms with Crippen molar-refractivity contribution in [3.05, 3.63) is 22.1 Å². The van der Waals surface area contributed by atoms with Gasteiger partial charge in [-0.1, -0.05) is 25.1 Å². The number of rotatable bonds is 5. The molecule has 0 radical (unpaired) electrons. The number of aryl methyl sites for hydroxylation is 1. The first-order valence-corrected chi connectivity index (χ1v) is 7.62. The maximum atomic E-state index is 11.6. The average molecular weight is 283 g/mol. The van der Waals surface area contributed by atoms with Crippen LogP contribution in [0.1, 0.15) is 25.5 Å². The van der Waals surface area contributed by atoms with Crippen LogP contribution in [0, 0.1) is 0 Å². The van der Waals surface area contributed by atoms with E-state index in [1.165, 1.54) is 0 Å². The molecule has 1 fully saturated rings. The minimum Gasteiger partial charge on any atom is -0.380 e. The highest BCUT2D eigenvalue weighted by Crippen LogP contribution is 2.26. The van der Waals surface area contributed by atoms with Crippen LogP contribution in [-0.4, -0.2) is 41.5 Å². The third-order valence-corrected chi connectivity index (χ3v) is 4.40. The third kappa shape index (κ3) is 4.06. The first-order valence-electron chi connectivity index (χ1n) is 6.75. The minimum atomic E-state index is -0.0707. The molecule has 6 heteroatoms. The standard InChI is InChI=1S/C13H21N3O2S/c1-3-4-9-7-12(17)16-13(15-9)19-11-8-18-6-5-10(11)14-2/h7,10-11,14H,3-6,8H2,1-2H3,(H,15,16,17). The number of hydrogen-bond acceptors (Lipinski definition) is 5. The normalized spacial score (nSPS) is 23.5. The van der Waals surface area contributed by atoms with Gasteiger partial charge in [-0.05, 0) is 19.9 Å². The van der Waals surface area contributed by atoms with Gasteiger partial charge in [-0.3, -0.25) is 4.79 Å². The lowest BCUT2D eigenvalue weighted by molar-refractivity contribution is 0.0850. The number of H-pyrrole nitrogens is 1. The second-order valence-electron chi connectivity index (χ2n) is 4.71. The lowest BCUT2D eigenvalue weighted by atomic mass is 10.1. The maximum absolute atomic E-state index is 11.6. The summed E-state index contributed by atoms with van der Waals surface area (Å²) < 4.78 is 5.51. The van der Waals surface area contributed by atoms with E-state index >= 15 is 0 Å². The molecule has 106 valence electrons. The molecule has 5 nitrogen and oxygen atoms in total. The Hall–Kier alpha value is -0.850. The van der Waals surface area contributed by atoms with Crippen molar-refractivity contribution >= 4 is 11.8 Å². The van der Waals surface area contributed by atoms with Gasteiger partial charge in [0.1, 0.15) is 0 Å². The molecule has 2 N–H and O–H groups in total. The Labute approximate surface area is 117 Å². The molecule has 0 aliphatic carbocycles. The predicted molar refractivity (Wildman–Crippen MR) is 76.8 cm³/mol. The largest absolute Gasteiger partial charge is 0.380 e. The lowest BCUT2D eigenvalue weighted by Crippen LogP contribution is -2.43. The number of aromatic amines is 1. The van der Waals surface area contributed by atoms with Crippen molar-refractivity contribution in [1.29, 1.82) is 0 Å². The molecule has 0 saturated carbocycles. The van der Waals surface area contributed by atoms with Gasteiger partial charge >= 0.3 is 0 Å². The van der Waals surface area contributed by atoms with Crippen molar-refractivity contribution in [3.8, 4) is 0 Å². The zero-order chi connectivity index (χ0) is 13.7. The van der Waals surface area contributed by atoms with Crippen LogP contribution in [-0.2, 0) is 11.2 Å². The number of nitrogens with one attached hydrogen (secondary N) is 2. The van der Waals surface area contributed by atoms with Gasteiger partial charge in [0.25, 0.3) is 5.56 Å². The SMILES string of the molecule is CCCc1cc(=O)[nH]c(SC2COCCC2NC)n1. The summed E-state index contributed by atoms with van der Waals surface area (Å²) >= 11 is 1.60. The highest BCUT2D eigenvalue weighted by atomic mass is 32.2. The van der Waals surface area contributed by atoms with Crippen molar-refractivity contribution in [3.63, 3.8) is 0 Å². The van der Waals surface area contributed by atoms with Crippen LogP contribution in [0.2, 0.25) is 0 Å². The van der Waals surface area contributed by atoms with Crippen LogP contribution in [0.3, 0.4) is 0 Å². The first kappa shape index (κ1) is 14.6. The third-order valence-electron chi connectivity index (χ3n) is 3.22. The molecule has 1 aromatic heterocycles. The van der Waals surface area contributed by atoms with E-state index in [2.05, 4.69) is 22.2 Å². The Bertz CT molecular complexity index is 463. The van der Waals surface area contributed by atoms with E-state index in [0.29, 0.717) is 23.1 Å². The topological polar surface area (TPSA) is 67.0 Å². The summed E-state index contributed by atoms with van der Waals surface area (Å²) in [6.07, 6.45) is 2.83. The number of aromatic nitrogens is 2. The summed E-state index contributed by atoms with van der Waals surface area (Å²) in [5.41, 5.74) is 0.796. The van der Waals surface area contributed by atoms with Crippen LogP contribution in [0.15, 0.2) is 16.0 Å². The van der Waals surface area contributed by atoms with E-state index in [-0.39, 0.29) is 5.56 Å². The zero-order valence-corrected chi connectivity index (χ0v) is 12.3. The number of hydrogen-bond donors (Lipinski definition) is 2. The summed E-state index contributed by atoms with van der Waals surface area (Å²) in [4.78, 5) is 18.9. The molecule has 0 spiro atoms. The zero-order valence-electron chi connectivity index (χ0n) is 11.4. The molecule has 1 aliphatic heterocycles. The second kappa shape index (κ2) is 7.07. The van der Waals surface area contributed by atoms with Crippen molar-refractivity contribution < 1.29 is 4.74 Å². The van der Waals surface area contributed by atoms with Crippen molar-refractivity contribution in [1.82, 2.24) is 15.3 Å². The Morgan fingerprint density at radius 1 is 1.63 bits per heavy atom. The van der Waals surface area contributed by atoms with Gasteiger partial charge in [0.2, 0.25) is 0 Å². The van der Waals surface area contributed by atoms with Crippen molar-refractivity contribution in [2.75, 3.05) is 20.3 Å². The summed E-state index contributed by atoms with van der Waals surface area (Å²) in [5.74, 6) is 0. The van der Waals surface area contributed by atoms with E-state index in [1.807, 2.05) is 7.05 Å². The van der Waals surface area contributed by atoms with Crippen LogP contribution >= 0.6 is 11.8 Å². The molecule has 2 unspecified atom stereocenters. The fraction of sp³-hybridized carbons (Fsp3) is 0.692. The van der Waals surface area contributed by atoms with Gasteiger partial charge in [0, 0.05) is 24.4 Å². The molecule has 0 amide bonds. The summed E-state index contributed by atoms with van der Waals surface area (Å²) in [7, 11) is 1.97. The molecule has 2 rings (SSSR count). The van der Waals surface area contributed by atoms with Gasteiger partial charge in [-0.15, -0.1) is 0 Å². The number of thioether (sulfide) groups is 1. The second-order valence-corrected chi connectivity index (χ2v) is 5.93. The smallest absolute Gasteiger partial charge is 0.251 e. The molecule has 19 heavy (non-hydrogen) atoms.